The maximum absolute atomic E-state index is 14.2. The van der Waals surface area contributed by atoms with E-state index in [1.54, 1.807) is 11.3 Å². The van der Waals surface area contributed by atoms with E-state index in [1.807, 2.05) is 12.1 Å². The molecule has 0 amide bonds. The number of ketones is 1. The van der Waals surface area contributed by atoms with E-state index in [1.165, 1.54) is 11.8 Å². The molecule has 0 N–H and O–H groups in total. The van der Waals surface area contributed by atoms with Gasteiger partial charge in [0.05, 0.1) is 24.3 Å². The monoisotopic (exact) mass is 744 g/mol. The van der Waals surface area contributed by atoms with Crippen molar-refractivity contribution in [2.24, 2.45) is 17.3 Å². The van der Waals surface area contributed by atoms with Crippen molar-refractivity contribution in [3.05, 3.63) is 40.2 Å². The van der Waals surface area contributed by atoms with Crippen molar-refractivity contribution in [2.75, 3.05) is 7.11 Å². The average Bonchev–Trinajstić information content (AvgIpc) is 3.40. The van der Waals surface area contributed by atoms with Crippen LogP contribution in [-0.2, 0) is 23.2 Å². The van der Waals surface area contributed by atoms with Crippen LogP contribution in [0.5, 0.6) is 0 Å². The van der Waals surface area contributed by atoms with E-state index in [4.69, 9.17) is 25.2 Å². The van der Waals surface area contributed by atoms with Crippen LogP contribution in [0.15, 0.2) is 30.3 Å². The summed E-state index contributed by atoms with van der Waals surface area (Å²) in [6.07, 6.45) is 7.61. The van der Waals surface area contributed by atoms with Crippen LogP contribution in [0, 0.1) is 29.1 Å². The first kappa shape index (κ1) is 41.7. The smallest absolute Gasteiger partial charge is 0.305 e. The van der Waals surface area contributed by atoms with Crippen LogP contribution >= 0.6 is 22.9 Å². The van der Waals surface area contributed by atoms with Gasteiger partial charge in [-0.15, -0.1) is 23.2 Å². The highest BCUT2D eigenvalue weighted by Crippen LogP contribution is 2.51. The zero-order valence-corrected chi connectivity index (χ0v) is 35.9. The minimum absolute atomic E-state index is 0.00724. The molecule has 0 aliphatic heterocycles. The lowest BCUT2D eigenvalue weighted by molar-refractivity contribution is -0.140. The Kier molecular flexibility index (Phi) is 13.9. The fourth-order valence-corrected chi connectivity index (χ4v) is 10.2. The Hall–Kier alpha value is -1.74. The minimum Gasteiger partial charge on any atom is -0.469 e. The van der Waals surface area contributed by atoms with Crippen molar-refractivity contribution < 1.29 is 23.2 Å². The Labute approximate surface area is 308 Å². The summed E-state index contributed by atoms with van der Waals surface area (Å²) in [7, 11) is -2.94. The zero-order valence-electron chi connectivity index (χ0n) is 32.3. The van der Waals surface area contributed by atoms with Crippen LogP contribution in [0.3, 0.4) is 0 Å². The zero-order chi connectivity index (χ0) is 37.0. The summed E-state index contributed by atoms with van der Waals surface area (Å²) >= 11 is 8.55. The minimum atomic E-state index is -2.21. The van der Waals surface area contributed by atoms with Crippen molar-refractivity contribution >= 4 is 67.5 Å². The fraction of sp³-hybridized carbons (Fsp3) is 0.650. The number of fused-ring (bicyclic) bond motifs is 1. The number of esters is 1. The number of hydrogen-bond acceptors (Lipinski definition) is 6. The van der Waals surface area contributed by atoms with Gasteiger partial charge in [0.25, 0.3) is 0 Å². The third kappa shape index (κ3) is 10.2. The van der Waals surface area contributed by atoms with E-state index in [-0.39, 0.29) is 45.9 Å². The third-order valence-electron chi connectivity index (χ3n) is 11.2. The van der Waals surface area contributed by atoms with E-state index < -0.39 is 22.0 Å². The maximum Gasteiger partial charge on any atom is 0.305 e. The number of carbonyl (C=O) groups is 2. The van der Waals surface area contributed by atoms with Crippen molar-refractivity contribution in [1.29, 1.82) is 0 Å². The molecule has 1 unspecified atom stereocenters. The molecule has 1 heterocycles. The van der Waals surface area contributed by atoms with Crippen LogP contribution in [0.4, 0.5) is 0 Å². The highest BCUT2D eigenvalue weighted by atomic mass is 35.5. The first-order valence-corrected chi connectivity index (χ1v) is 24.8. The van der Waals surface area contributed by atoms with E-state index in [9.17, 15) is 9.59 Å². The Balaban J connectivity index is 1.97. The fourth-order valence-electron chi connectivity index (χ4n) is 6.02. The van der Waals surface area contributed by atoms with Gasteiger partial charge in [0, 0.05) is 45.6 Å². The second-order valence-corrected chi connectivity index (χ2v) is 28.2. The van der Waals surface area contributed by atoms with Gasteiger partial charge in [0.2, 0.25) is 0 Å². The van der Waals surface area contributed by atoms with Gasteiger partial charge in [0.1, 0.15) is 5.78 Å². The third-order valence-corrected chi connectivity index (χ3v) is 21.8. The summed E-state index contributed by atoms with van der Waals surface area (Å²) in [5.41, 5.74) is -0.631. The van der Waals surface area contributed by atoms with E-state index in [2.05, 4.69) is 118 Å². The molecule has 1 saturated carbocycles. The summed E-state index contributed by atoms with van der Waals surface area (Å²) < 4.78 is 20.2. The second kappa shape index (κ2) is 16.3. The summed E-state index contributed by atoms with van der Waals surface area (Å²) in [4.78, 5) is 26.8. The molecule has 1 aromatic carbocycles. The SMILES string of the molecule is COC(=O)CCCC#CC[C@H]1C(=O)C(C)(C)[C@@H](O[Si](C)(C)C(C)(C)C)[C@@H]1CCC(/C=C/c1sc2ccccc2c1Cl)O[Si](C)(C)C(C)(C)C. The van der Waals surface area contributed by atoms with Gasteiger partial charge in [-0.05, 0) is 73.6 Å². The topological polar surface area (TPSA) is 61.8 Å². The molecular weight excluding hydrogens is 684 g/mol. The van der Waals surface area contributed by atoms with Crippen molar-refractivity contribution in [2.45, 2.75) is 142 Å². The molecule has 1 fully saturated rings. The number of unbranched alkanes of at least 4 members (excludes halogenated alkanes) is 1. The van der Waals surface area contributed by atoms with Gasteiger partial charge in [-0.3, -0.25) is 9.59 Å². The number of halogens is 1. The largest absolute Gasteiger partial charge is 0.469 e. The Bertz CT molecular complexity index is 1550. The highest BCUT2D eigenvalue weighted by Gasteiger charge is 2.57. The van der Waals surface area contributed by atoms with Gasteiger partial charge < -0.3 is 13.6 Å². The van der Waals surface area contributed by atoms with Crippen molar-refractivity contribution in [3.63, 3.8) is 0 Å². The molecule has 49 heavy (non-hydrogen) atoms. The molecule has 5 nitrogen and oxygen atoms in total. The predicted molar refractivity (Wildman–Crippen MR) is 213 cm³/mol. The van der Waals surface area contributed by atoms with Gasteiger partial charge in [-0.2, -0.15) is 0 Å². The molecule has 3 rings (SSSR count). The first-order chi connectivity index (χ1) is 22.5. The lowest BCUT2D eigenvalue weighted by Crippen LogP contribution is -2.49. The molecule has 0 saturated heterocycles. The Morgan fingerprint density at radius 3 is 2.27 bits per heavy atom. The van der Waals surface area contributed by atoms with Crippen LogP contribution in [0.25, 0.3) is 16.2 Å². The molecule has 1 aliphatic carbocycles. The number of methoxy groups -OCH3 is 1. The highest BCUT2D eigenvalue weighted by molar-refractivity contribution is 7.20. The van der Waals surface area contributed by atoms with Crippen LogP contribution < -0.4 is 0 Å². The number of rotatable bonds is 13. The summed E-state index contributed by atoms with van der Waals surface area (Å²) in [6, 6.07) is 8.24. The number of benzene rings is 1. The van der Waals surface area contributed by atoms with Crippen LogP contribution in [0.1, 0.15) is 98.8 Å². The van der Waals surface area contributed by atoms with Crippen molar-refractivity contribution in [1.82, 2.24) is 0 Å². The lowest BCUT2D eigenvalue weighted by Gasteiger charge is -2.43. The molecule has 4 atom stereocenters. The van der Waals surface area contributed by atoms with E-state index in [0.29, 0.717) is 25.7 Å². The van der Waals surface area contributed by atoms with Crippen molar-refractivity contribution in [3.8, 4) is 11.8 Å². The predicted octanol–water partition coefficient (Wildman–Crippen LogP) is 11.7. The van der Waals surface area contributed by atoms with Gasteiger partial charge in [-0.1, -0.05) is 91.3 Å². The number of hydrogen-bond donors (Lipinski definition) is 0. The normalized spacial score (nSPS) is 20.9. The molecule has 272 valence electrons. The Morgan fingerprint density at radius 2 is 1.67 bits per heavy atom. The molecule has 1 aromatic heterocycles. The summed E-state index contributed by atoms with van der Waals surface area (Å²) in [6.45, 7) is 26.8. The average molecular weight is 746 g/mol. The molecule has 0 bridgehead atoms. The quantitative estimate of drug-likeness (QED) is 0.0884. The second-order valence-electron chi connectivity index (χ2n) is 17.3. The van der Waals surface area contributed by atoms with E-state index in [0.717, 1.165) is 28.1 Å². The molecule has 9 heteroatoms. The number of thiophene rings is 1. The van der Waals surface area contributed by atoms with Gasteiger partial charge >= 0.3 is 5.97 Å². The van der Waals surface area contributed by atoms with Crippen LogP contribution in [0.2, 0.25) is 41.3 Å². The van der Waals surface area contributed by atoms with E-state index >= 15 is 0 Å². The molecule has 1 aliphatic rings. The standard InChI is InChI=1S/C40H61ClO5SSi2/c1-38(2,3)48(10,11)45-28(25-27-33-35(41)31-21-18-19-22-32(31)47-33)24-26-30-29(20-16-14-15-17-23-34(42)44-9)36(43)40(7,8)37(30)46-49(12,13)39(4,5)6/h18-19,21-22,25,27-30,37H,15,17,20,23-24,26H2,1-13H3/b27-25+/t28?,29-,30-,37+/m1/s1. The Morgan fingerprint density at radius 1 is 1.04 bits per heavy atom. The molecule has 2 aromatic rings. The molecular formula is C40H61ClO5SSi2. The molecule has 0 spiro atoms. The van der Waals surface area contributed by atoms with Gasteiger partial charge in [-0.25, -0.2) is 0 Å². The number of carbonyl (C=O) groups excluding carboxylic acids is 2. The number of ether oxygens (including phenoxy) is 1. The lowest BCUT2D eigenvalue weighted by atomic mass is 9.85. The first-order valence-electron chi connectivity index (χ1n) is 17.8. The summed E-state index contributed by atoms with van der Waals surface area (Å²) in [5.74, 6) is 6.34. The van der Waals surface area contributed by atoms with Crippen LogP contribution in [-0.4, -0.2) is 47.7 Å². The maximum atomic E-state index is 14.2. The molecule has 0 radical (unpaired) electrons. The summed E-state index contributed by atoms with van der Waals surface area (Å²) in [5, 5.41) is 1.90. The van der Waals surface area contributed by atoms with Gasteiger partial charge in [0.15, 0.2) is 16.6 Å². The number of Topliss-reactive ketones (excluding diaryl/α,β-unsaturated/α-hetero) is 1.